The molecule has 27 heavy (non-hydrogen) atoms. The van der Waals surface area contributed by atoms with Crippen molar-refractivity contribution in [2.24, 2.45) is 23.2 Å². The number of nitrogens with zero attached hydrogens (tertiary/aromatic N) is 2. The van der Waals surface area contributed by atoms with Gasteiger partial charge in [0, 0.05) is 6.54 Å². The van der Waals surface area contributed by atoms with E-state index < -0.39 is 5.92 Å². The van der Waals surface area contributed by atoms with Crippen molar-refractivity contribution >= 4 is 33.2 Å². The number of hydrogen-bond donors (Lipinski definition) is 1. The largest absolute Gasteiger partial charge is 0.352 e. The maximum Gasteiger partial charge on any atom is 0.169 e. The average Bonchev–Trinajstić information content (AvgIpc) is 3.14. The van der Waals surface area contributed by atoms with Crippen LogP contribution in [-0.2, 0) is 4.79 Å². The number of carbonyl (C=O) groups excluding carboxylic acids is 1. The van der Waals surface area contributed by atoms with Crippen LogP contribution in [0.15, 0.2) is 24.3 Å². The van der Waals surface area contributed by atoms with E-state index in [2.05, 4.69) is 9.88 Å². The molecule has 140 valence electrons. The summed E-state index contributed by atoms with van der Waals surface area (Å²) in [5.74, 6) is 2.92. The first-order valence-electron chi connectivity index (χ1n) is 10.3. The third-order valence-electron chi connectivity index (χ3n) is 7.53. The molecular formula is C22H25N3OS. The van der Waals surface area contributed by atoms with Crippen LogP contribution in [-0.4, -0.2) is 34.6 Å². The minimum Gasteiger partial charge on any atom is -0.352 e. The number of fused-ring (bicyclic) bond motifs is 1. The lowest BCUT2D eigenvalue weighted by molar-refractivity contribution is -0.118. The lowest BCUT2D eigenvalue weighted by atomic mass is 9.49. The van der Waals surface area contributed by atoms with Crippen LogP contribution in [0.3, 0.4) is 0 Å². The first-order valence-corrected chi connectivity index (χ1v) is 11.1. The average molecular weight is 380 g/mol. The molecule has 0 radical (unpaired) electrons. The van der Waals surface area contributed by atoms with Crippen molar-refractivity contribution in [1.29, 1.82) is 5.41 Å². The second-order valence-electron chi connectivity index (χ2n) is 9.58. The van der Waals surface area contributed by atoms with Gasteiger partial charge in [-0.2, -0.15) is 0 Å². The molecule has 1 aromatic heterocycles. The summed E-state index contributed by atoms with van der Waals surface area (Å²) in [6.45, 7) is 1.32. The third kappa shape index (κ3) is 2.50. The Hall–Kier alpha value is -1.75. The Morgan fingerprint density at radius 2 is 1.78 bits per heavy atom. The van der Waals surface area contributed by atoms with E-state index in [4.69, 9.17) is 5.41 Å². The van der Waals surface area contributed by atoms with Gasteiger partial charge in [0.2, 0.25) is 0 Å². The number of hydrogen-bond acceptors (Lipinski definition) is 4. The lowest BCUT2D eigenvalue weighted by Gasteiger charge is -2.57. The van der Waals surface area contributed by atoms with Gasteiger partial charge in [0.25, 0.3) is 0 Å². The third-order valence-corrected chi connectivity index (χ3v) is 8.63. The fourth-order valence-electron chi connectivity index (χ4n) is 7.00. The van der Waals surface area contributed by atoms with Crippen molar-refractivity contribution < 1.29 is 4.79 Å². The fourth-order valence-corrected chi connectivity index (χ4v) is 8.09. The maximum absolute atomic E-state index is 12.8. The molecule has 2 heterocycles. The highest BCUT2D eigenvalue weighted by atomic mass is 32.1. The number of amidine groups is 1. The van der Waals surface area contributed by atoms with Gasteiger partial charge in [0.05, 0.1) is 16.8 Å². The zero-order chi connectivity index (χ0) is 18.2. The number of aromatic nitrogens is 1. The van der Waals surface area contributed by atoms with Gasteiger partial charge in [-0.15, -0.1) is 11.3 Å². The van der Waals surface area contributed by atoms with Gasteiger partial charge in [-0.1, -0.05) is 12.1 Å². The van der Waals surface area contributed by atoms with Gasteiger partial charge >= 0.3 is 0 Å². The molecule has 5 heteroatoms. The Morgan fingerprint density at radius 1 is 1.11 bits per heavy atom. The minimum atomic E-state index is -0.448. The molecule has 7 rings (SSSR count). The summed E-state index contributed by atoms with van der Waals surface area (Å²) in [6.07, 6.45) is 8.27. The Balaban J connectivity index is 1.27. The van der Waals surface area contributed by atoms with Crippen LogP contribution in [0.1, 0.15) is 49.5 Å². The van der Waals surface area contributed by atoms with Crippen molar-refractivity contribution in [1.82, 2.24) is 9.88 Å². The monoisotopic (exact) mass is 379 g/mol. The molecule has 0 amide bonds. The standard InChI is InChI=1S/C22H25N3OS/c23-20-19(21-24-16-3-1-2-4-18(16)27-21)17(26)11-25(20)12-22-8-13-5-14(9-22)7-15(6-13)10-22/h1-4,13-15,19,23H,5-12H2. The van der Waals surface area contributed by atoms with Crippen molar-refractivity contribution in [2.75, 3.05) is 13.1 Å². The van der Waals surface area contributed by atoms with Crippen molar-refractivity contribution in [2.45, 2.75) is 44.4 Å². The zero-order valence-electron chi connectivity index (χ0n) is 15.5. The van der Waals surface area contributed by atoms with Gasteiger partial charge in [0.1, 0.15) is 16.8 Å². The van der Waals surface area contributed by atoms with Gasteiger partial charge in [-0.05, 0) is 73.8 Å². The second-order valence-corrected chi connectivity index (χ2v) is 10.6. The number of Topliss-reactive ketones (excluding diaryl/α,β-unsaturated/α-hetero) is 1. The summed E-state index contributed by atoms with van der Waals surface area (Å²) < 4.78 is 1.10. The number of carbonyl (C=O) groups is 1. The van der Waals surface area contributed by atoms with Crippen LogP contribution in [0.4, 0.5) is 0 Å². The predicted octanol–water partition coefficient (Wildman–Crippen LogP) is 4.46. The highest BCUT2D eigenvalue weighted by Gasteiger charge is 2.53. The molecule has 5 fully saturated rings. The molecule has 4 aliphatic carbocycles. The van der Waals surface area contributed by atoms with E-state index in [1.54, 1.807) is 11.3 Å². The summed E-state index contributed by atoms with van der Waals surface area (Å²) >= 11 is 1.57. The molecule has 1 atom stereocenters. The van der Waals surface area contributed by atoms with E-state index in [-0.39, 0.29) is 5.78 Å². The summed E-state index contributed by atoms with van der Waals surface area (Å²) in [6, 6.07) is 8.02. The van der Waals surface area contributed by atoms with Crippen molar-refractivity contribution in [3.8, 4) is 0 Å². The SMILES string of the molecule is N=C1C(c2nc3ccccc3s2)C(=O)CN1CC12CC3CC(CC(C3)C1)C2. The molecule has 5 aliphatic rings. The van der Waals surface area contributed by atoms with Crippen molar-refractivity contribution in [3.63, 3.8) is 0 Å². The molecular weight excluding hydrogens is 354 g/mol. The number of likely N-dealkylation sites (tertiary alicyclic amines) is 1. The molecule has 4 saturated carbocycles. The molecule has 1 saturated heterocycles. The molecule has 1 unspecified atom stereocenters. The second kappa shape index (κ2) is 5.63. The summed E-state index contributed by atoms with van der Waals surface area (Å²) in [5.41, 5.74) is 1.31. The van der Waals surface area contributed by atoms with E-state index in [1.807, 2.05) is 24.3 Å². The molecule has 1 N–H and O–H groups in total. The molecule has 0 spiro atoms. The topological polar surface area (TPSA) is 57.1 Å². The van der Waals surface area contributed by atoms with Crippen LogP contribution in [0, 0.1) is 28.6 Å². The number of nitrogens with one attached hydrogen (secondary N) is 1. The highest BCUT2D eigenvalue weighted by Crippen LogP contribution is 2.60. The van der Waals surface area contributed by atoms with Crippen LogP contribution < -0.4 is 0 Å². The van der Waals surface area contributed by atoms with Crippen LogP contribution in [0.5, 0.6) is 0 Å². The molecule has 2 aromatic rings. The minimum absolute atomic E-state index is 0.156. The van der Waals surface area contributed by atoms with E-state index >= 15 is 0 Å². The fraction of sp³-hybridized carbons (Fsp3) is 0.591. The number of benzene rings is 1. The number of thiazole rings is 1. The maximum atomic E-state index is 12.8. The van der Waals surface area contributed by atoms with Crippen LogP contribution in [0.2, 0.25) is 0 Å². The molecule has 4 nitrogen and oxygen atoms in total. The smallest absolute Gasteiger partial charge is 0.169 e. The van der Waals surface area contributed by atoms with Gasteiger partial charge in [-0.25, -0.2) is 4.98 Å². The summed E-state index contributed by atoms with van der Waals surface area (Å²) in [4.78, 5) is 19.6. The van der Waals surface area contributed by atoms with Crippen LogP contribution in [0.25, 0.3) is 10.2 Å². The van der Waals surface area contributed by atoms with Gasteiger partial charge < -0.3 is 4.90 Å². The van der Waals surface area contributed by atoms with Crippen molar-refractivity contribution in [3.05, 3.63) is 29.3 Å². The summed E-state index contributed by atoms with van der Waals surface area (Å²) in [7, 11) is 0. The molecule has 4 bridgehead atoms. The van der Waals surface area contributed by atoms with Crippen LogP contribution >= 0.6 is 11.3 Å². The van der Waals surface area contributed by atoms with Gasteiger partial charge in [-0.3, -0.25) is 10.2 Å². The Labute approximate surface area is 163 Å². The quantitative estimate of drug-likeness (QED) is 0.857. The predicted molar refractivity (Wildman–Crippen MR) is 107 cm³/mol. The van der Waals surface area contributed by atoms with Gasteiger partial charge in [0.15, 0.2) is 5.78 Å². The first kappa shape index (κ1) is 16.2. The summed E-state index contributed by atoms with van der Waals surface area (Å²) in [5, 5.41) is 9.59. The molecule has 1 aliphatic heterocycles. The number of para-hydroxylation sites is 1. The Bertz CT molecular complexity index is 880. The van der Waals surface area contributed by atoms with E-state index in [9.17, 15) is 4.79 Å². The lowest BCUT2D eigenvalue weighted by Crippen LogP contribution is -2.51. The first-order chi connectivity index (χ1) is 13.1. The van der Waals surface area contributed by atoms with E-state index in [1.165, 1.54) is 38.5 Å². The highest BCUT2D eigenvalue weighted by molar-refractivity contribution is 7.18. The normalized spacial score (nSPS) is 37.7. The van der Waals surface area contributed by atoms with E-state index in [0.717, 1.165) is 39.5 Å². The number of ketones is 1. The Morgan fingerprint density at radius 3 is 2.44 bits per heavy atom. The Kier molecular flexibility index (Phi) is 3.38. The molecule has 1 aromatic carbocycles. The zero-order valence-corrected chi connectivity index (χ0v) is 16.3. The number of rotatable bonds is 3. The van der Waals surface area contributed by atoms with E-state index in [0.29, 0.717) is 17.8 Å².